The van der Waals surface area contributed by atoms with E-state index in [1.807, 2.05) is 12.1 Å². The van der Waals surface area contributed by atoms with Crippen molar-refractivity contribution in [1.29, 1.82) is 0 Å². The van der Waals surface area contributed by atoms with Crippen LogP contribution in [-0.4, -0.2) is 44.3 Å². The minimum Gasteiger partial charge on any atom is -0.468 e. The Hall–Kier alpha value is -0.840. The third-order valence-corrected chi connectivity index (χ3v) is 3.41. The summed E-state index contributed by atoms with van der Waals surface area (Å²) in [5.74, 6) is 1.60. The normalized spacial score (nSPS) is 23.9. The molecule has 2 unspecified atom stereocenters. The molecule has 1 aromatic rings. The maximum atomic E-state index is 5.59. The van der Waals surface area contributed by atoms with Crippen molar-refractivity contribution in [3.05, 3.63) is 24.2 Å². The van der Waals surface area contributed by atoms with E-state index in [0.29, 0.717) is 12.0 Å². The first kappa shape index (κ1) is 13.6. The van der Waals surface area contributed by atoms with Gasteiger partial charge in [-0.1, -0.05) is 6.92 Å². The molecular weight excluding hydrogens is 228 g/mol. The van der Waals surface area contributed by atoms with Gasteiger partial charge in [-0.2, -0.15) is 0 Å². The van der Waals surface area contributed by atoms with Crippen LogP contribution in [0.25, 0.3) is 0 Å². The van der Waals surface area contributed by atoms with Crippen molar-refractivity contribution in [3.63, 3.8) is 0 Å². The highest BCUT2D eigenvalue weighted by Crippen LogP contribution is 2.16. The van der Waals surface area contributed by atoms with E-state index in [4.69, 9.17) is 9.15 Å². The average molecular weight is 252 g/mol. The van der Waals surface area contributed by atoms with Gasteiger partial charge < -0.3 is 14.5 Å². The van der Waals surface area contributed by atoms with Crippen LogP contribution in [0, 0.1) is 5.92 Å². The maximum Gasteiger partial charge on any atom is 0.117 e. The van der Waals surface area contributed by atoms with Gasteiger partial charge in [-0.25, -0.2) is 0 Å². The van der Waals surface area contributed by atoms with Crippen LogP contribution in [0.2, 0.25) is 0 Å². The fourth-order valence-electron chi connectivity index (χ4n) is 2.47. The van der Waals surface area contributed by atoms with Gasteiger partial charge in [0.2, 0.25) is 0 Å². The number of nitrogens with one attached hydrogen (secondary N) is 1. The lowest BCUT2D eigenvalue weighted by atomic mass is 10.0. The van der Waals surface area contributed by atoms with Gasteiger partial charge in [0.1, 0.15) is 5.76 Å². The van der Waals surface area contributed by atoms with Crippen molar-refractivity contribution in [2.75, 3.05) is 33.4 Å². The summed E-state index contributed by atoms with van der Waals surface area (Å²) in [5.41, 5.74) is 0. The largest absolute Gasteiger partial charge is 0.468 e. The van der Waals surface area contributed by atoms with E-state index < -0.39 is 0 Å². The topological polar surface area (TPSA) is 37.6 Å². The summed E-state index contributed by atoms with van der Waals surface area (Å²) < 4.78 is 11.0. The Morgan fingerprint density at radius 3 is 3.06 bits per heavy atom. The quantitative estimate of drug-likeness (QED) is 0.802. The fourth-order valence-corrected chi connectivity index (χ4v) is 2.47. The standard InChI is InChI=1S/C14H24N2O2/c1-3-6-15-14-11-17-10-12(14)8-16(2)9-13-5-4-7-18-13/h4-5,7,12,14-15H,3,6,8-11H2,1-2H3. The highest BCUT2D eigenvalue weighted by atomic mass is 16.5. The van der Waals surface area contributed by atoms with E-state index in [-0.39, 0.29) is 0 Å². The first-order valence-electron chi connectivity index (χ1n) is 6.81. The third-order valence-electron chi connectivity index (χ3n) is 3.41. The first-order chi connectivity index (χ1) is 8.79. The smallest absolute Gasteiger partial charge is 0.117 e. The van der Waals surface area contributed by atoms with E-state index in [1.54, 1.807) is 6.26 Å². The second-order valence-corrected chi connectivity index (χ2v) is 5.13. The summed E-state index contributed by atoms with van der Waals surface area (Å²) in [6.45, 7) is 6.89. The number of hydrogen-bond acceptors (Lipinski definition) is 4. The molecule has 102 valence electrons. The summed E-state index contributed by atoms with van der Waals surface area (Å²) in [7, 11) is 2.14. The molecule has 2 rings (SSSR count). The molecular formula is C14H24N2O2. The lowest BCUT2D eigenvalue weighted by Gasteiger charge is -2.24. The Labute approximate surface area is 109 Å². The molecule has 1 aliphatic heterocycles. The summed E-state index contributed by atoms with van der Waals surface area (Å²) in [5, 5.41) is 3.57. The number of rotatable bonds is 7. The second-order valence-electron chi connectivity index (χ2n) is 5.13. The van der Waals surface area contributed by atoms with Crippen LogP contribution in [0.15, 0.2) is 22.8 Å². The predicted molar refractivity (Wildman–Crippen MR) is 71.4 cm³/mol. The average Bonchev–Trinajstić information content (AvgIpc) is 2.98. The van der Waals surface area contributed by atoms with Gasteiger partial charge in [-0.05, 0) is 32.1 Å². The van der Waals surface area contributed by atoms with Crippen molar-refractivity contribution in [1.82, 2.24) is 10.2 Å². The summed E-state index contributed by atoms with van der Waals surface area (Å²) in [6.07, 6.45) is 2.90. The molecule has 0 spiro atoms. The molecule has 2 heterocycles. The lowest BCUT2D eigenvalue weighted by molar-refractivity contribution is 0.170. The Balaban J connectivity index is 1.77. The zero-order valence-corrected chi connectivity index (χ0v) is 11.4. The van der Waals surface area contributed by atoms with Crippen LogP contribution in [0.3, 0.4) is 0 Å². The predicted octanol–water partition coefficient (Wildman–Crippen LogP) is 1.73. The van der Waals surface area contributed by atoms with E-state index in [1.165, 1.54) is 6.42 Å². The SMILES string of the molecule is CCCNC1COCC1CN(C)Cc1ccco1. The Morgan fingerprint density at radius 2 is 2.33 bits per heavy atom. The molecule has 0 aliphatic carbocycles. The van der Waals surface area contributed by atoms with Crippen LogP contribution in [0.5, 0.6) is 0 Å². The summed E-state index contributed by atoms with van der Waals surface area (Å²) in [6, 6.07) is 4.46. The van der Waals surface area contributed by atoms with Gasteiger partial charge in [0.25, 0.3) is 0 Å². The molecule has 0 saturated carbocycles. The zero-order valence-electron chi connectivity index (χ0n) is 11.4. The lowest BCUT2D eigenvalue weighted by Crippen LogP contribution is -2.40. The molecule has 1 fully saturated rings. The van der Waals surface area contributed by atoms with Crippen LogP contribution in [-0.2, 0) is 11.3 Å². The van der Waals surface area contributed by atoms with Gasteiger partial charge in [-0.15, -0.1) is 0 Å². The highest BCUT2D eigenvalue weighted by molar-refractivity contribution is 4.98. The minimum atomic E-state index is 0.504. The molecule has 0 radical (unpaired) electrons. The van der Waals surface area contributed by atoms with Crippen molar-refractivity contribution in [2.45, 2.75) is 25.9 Å². The van der Waals surface area contributed by atoms with E-state index >= 15 is 0 Å². The van der Waals surface area contributed by atoms with Gasteiger partial charge in [0.05, 0.1) is 26.0 Å². The van der Waals surface area contributed by atoms with Gasteiger partial charge >= 0.3 is 0 Å². The van der Waals surface area contributed by atoms with Crippen molar-refractivity contribution in [2.24, 2.45) is 5.92 Å². The molecule has 4 nitrogen and oxygen atoms in total. The van der Waals surface area contributed by atoms with Crippen LogP contribution in [0.1, 0.15) is 19.1 Å². The number of nitrogens with zero attached hydrogens (tertiary/aromatic N) is 1. The molecule has 0 bridgehead atoms. The molecule has 1 aliphatic rings. The third kappa shape index (κ3) is 3.83. The van der Waals surface area contributed by atoms with E-state index in [2.05, 4.69) is 24.2 Å². The first-order valence-corrected chi connectivity index (χ1v) is 6.81. The second kappa shape index (κ2) is 6.92. The van der Waals surface area contributed by atoms with Gasteiger partial charge in [-0.3, -0.25) is 4.90 Å². The Bertz CT molecular complexity index is 327. The molecule has 18 heavy (non-hydrogen) atoms. The number of ether oxygens (including phenoxy) is 1. The fraction of sp³-hybridized carbons (Fsp3) is 0.714. The number of furan rings is 1. The van der Waals surface area contributed by atoms with Crippen LogP contribution >= 0.6 is 0 Å². The molecule has 1 saturated heterocycles. The van der Waals surface area contributed by atoms with Gasteiger partial charge in [0.15, 0.2) is 0 Å². The van der Waals surface area contributed by atoms with E-state index in [9.17, 15) is 0 Å². The molecule has 1 aromatic heterocycles. The molecule has 0 aromatic carbocycles. The molecule has 4 heteroatoms. The maximum absolute atomic E-state index is 5.59. The van der Waals surface area contributed by atoms with Gasteiger partial charge in [0, 0.05) is 18.5 Å². The Kier molecular flexibility index (Phi) is 5.23. The van der Waals surface area contributed by atoms with Crippen molar-refractivity contribution < 1.29 is 9.15 Å². The highest BCUT2D eigenvalue weighted by Gasteiger charge is 2.28. The van der Waals surface area contributed by atoms with Crippen molar-refractivity contribution in [3.8, 4) is 0 Å². The van der Waals surface area contributed by atoms with Crippen molar-refractivity contribution >= 4 is 0 Å². The summed E-state index contributed by atoms with van der Waals surface area (Å²) in [4.78, 5) is 2.30. The Morgan fingerprint density at radius 1 is 1.44 bits per heavy atom. The monoisotopic (exact) mass is 252 g/mol. The minimum absolute atomic E-state index is 0.504. The summed E-state index contributed by atoms with van der Waals surface area (Å²) >= 11 is 0. The molecule has 2 atom stereocenters. The van der Waals surface area contributed by atoms with Crippen LogP contribution < -0.4 is 5.32 Å². The molecule has 1 N–H and O–H groups in total. The molecule has 0 amide bonds. The van der Waals surface area contributed by atoms with Crippen LogP contribution in [0.4, 0.5) is 0 Å². The number of hydrogen-bond donors (Lipinski definition) is 1. The zero-order chi connectivity index (χ0) is 12.8. The van der Waals surface area contributed by atoms with E-state index in [0.717, 1.165) is 38.6 Å².